The second-order valence-electron chi connectivity index (χ2n) is 3.87. The minimum atomic E-state index is -0.198. The third kappa shape index (κ3) is 2.42. The molecule has 0 fully saturated rings. The van der Waals surface area contributed by atoms with E-state index in [2.05, 4.69) is 5.10 Å². The summed E-state index contributed by atoms with van der Waals surface area (Å²) in [5.74, 6) is -0.198. The minimum absolute atomic E-state index is 0.198. The molecule has 0 aliphatic heterocycles. The van der Waals surface area contributed by atoms with E-state index in [9.17, 15) is 4.79 Å². The molecule has 0 aliphatic rings. The largest absolute Gasteiger partial charge is 0.287 e. The van der Waals surface area contributed by atoms with Crippen LogP contribution in [0.25, 0.3) is 0 Å². The lowest BCUT2D eigenvalue weighted by atomic mass is 10.1. The molecule has 18 heavy (non-hydrogen) atoms. The summed E-state index contributed by atoms with van der Waals surface area (Å²) in [4.78, 5) is 12.4. The number of nitrogens with zero attached hydrogens (tertiary/aromatic N) is 2. The Bertz CT molecular complexity index is 558. The third-order valence-corrected chi connectivity index (χ3v) is 3.20. The van der Waals surface area contributed by atoms with Crippen LogP contribution in [-0.2, 0) is 6.54 Å². The summed E-state index contributed by atoms with van der Waals surface area (Å²) < 4.78 is 1.67. The fourth-order valence-electron chi connectivity index (χ4n) is 1.76. The van der Waals surface area contributed by atoms with Gasteiger partial charge in [0.2, 0.25) is 5.78 Å². The van der Waals surface area contributed by atoms with Crippen molar-refractivity contribution in [1.82, 2.24) is 9.78 Å². The van der Waals surface area contributed by atoms with E-state index in [0.717, 1.165) is 6.42 Å². The number of ketones is 1. The first-order chi connectivity index (χ1) is 8.65. The first kappa shape index (κ1) is 13.1. The summed E-state index contributed by atoms with van der Waals surface area (Å²) in [7, 11) is 0. The number of halogens is 2. The topological polar surface area (TPSA) is 34.9 Å². The van der Waals surface area contributed by atoms with Gasteiger partial charge in [0.25, 0.3) is 0 Å². The Morgan fingerprint density at radius 1 is 1.28 bits per heavy atom. The van der Waals surface area contributed by atoms with Crippen molar-refractivity contribution >= 4 is 29.0 Å². The fraction of sp³-hybridized carbons (Fsp3) is 0.231. The highest BCUT2D eigenvalue weighted by Gasteiger charge is 2.19. The number of carbonyl (C=O) groups is 1. The second kappa shape index (κ2) is 5.55. The van der Waals surface area contributed by atoms with Crippen molar-refractivity contribution in [2.24, 2.45) is 0 Å². The molecule has 0 radical (unpaired) electrons. The molecule has 0 spiro atoms. The maximum absolute atomic E-state index is 12.4. The fourth-order valence-corrected chi connectivity index (χ4v) is 2.33. The maximum Gasteiger partial charge on any atom is 0.214 e. The SMILES string of the molecule is CCCn1nccc1C(=O)c1c(Cl)cccc1Cl. The Hall–Kier alpha value is -1.32. The number of hydrogen-bond acceptors (Lipinski definition) is 2. The normalized spacial score (nSPS) is 10.6. The predicted octanol–water partition coefficient (Wildman–Crippen LogP) is 3.83. The molecule has 94 valence electrons. The van der Waals surface area contributed by atoms with Crippen LogP contribution in [0.3, 0.4) is 0 Å². The summed E-state index contributed by atoms with van der Waals surface area (Å²) >= 11 is 12.1. The lowest BCUT2D eigenvalue weighted by molar-refractivity contribution is 0.102. The average molecular weight is 283 g/mol. The van der Waals surface area contributed by atoms with Gasteiger partial charge in [0.15, 0.2) is 0 Å². The zero-order valence-electron chi connectivity index (χ0n) is 9.86. The molecule has 0 saturated heterocycles. The van der Waals surface area contributed by atoms with Gasteiger partial charge in [-0.15, -0.1) is 0 Å². The van der Waals surface area contributed by atoms with Crippen LogP contribution in [0.15, 0.2) is 30.5 Å². The van der Waals surface area contributed by atoms with Crippen molar-refractivity contribution in [3.8, 4) is 0 Å². The molecular formula is C13H12Cl2N2O. The highest BCUT2D eigenvalue weighted by Crippen LogP contribution is 2.26. The van der Waals surface area contributed by atoms with Gasteiger partial charge in [-0.2, -0.15) is 5.10 Å². The number of rotatable bonds is 4. The van der Waals surface area contributed by atoms with Gasteiger partial charge in [-0.3, -0.25) is 9.48 Å². The number of aryl methyl sites for hydroxylation is 1. The molecule has 3 nitrogen and oxygen atoms in total. The van der Waals surface area contributed by atoms with E-state index in [1.807, 2.05) is 6.92 Å². The Labute approximate surface area is 115 Å². The summed E-state index contributed by atoms with van der Waals surface area (Å²) in [6, 6.07) is 6.70. The van der Waals surface area contributed by atoms with Crippen LogP contribution in [0.2, 0.25) is 10.0 Å². The Morgan fingerprint density at radius 2 is 1.94 bits per heavy atom. The van der Waals surface area contributed by atoms with E-state index in [0.29, 0.717) is 27.8 Å². The standard InChI is InChI=1S/C13H12Cl2N2O/c1-2-8-17-11(6-7-16-17)13(18)12-9(14)4-3-5-10(12)15/h3-7H,2,8H2,1H3. The van der Waals surface area contributed by atoms with Crippen LogP contribution in [0.4, 0.5) is 0 Å². The summed E-state index contributed by atoms with van der Waals surface area (Å²) in [6.45, 7) is 2.72. The number of aromatic nitrogens is 2. The summed E-state index contributed by atoms with van der Waals surface area (Å²) in [6.07, 6.45) is 2.51. The molecule has 0 saturated carbocycles. The monoisotopic (exact) mass is 282 g/mol. The lowest BCUT2D eigenvalue weighted by Gasteiger charge is -2.08. The lowest BCUT2D eigenvalue weighted by Crippen LogP contribution is -2.12. The second-order valence-corrected chi connectivity index (χ2v) is 4.68. The quantitative estimate of drug-likeness (QED) is 0.799. The van der Waals surface area contributed by atoms with Gasteiger partial charge < -0.3 is 0 Å². The van der Waals surface area contributed by atoms with Crippen molar-refractivity contribution in [1.29, 1.82) is 0 Å². The number of benzene rings is 1. The Kier molecular flexibility index (Phi) is 4.04. The first-order valence-corrected chi connectivity index (χ1v) is 6.41. The first-order valence-electron chi connectivity index (χ1n) is 5.65. The van der Waals surface area contributed by atoms with Crippen LogP contribution in [0.1, 0.15) is 29.4 Å². The highest BCUT2D eigenvalue weighted by atomic mass is 35.5. The third-order valence-electron chi connectivity index (χ3n) is 2.57. The van der Waals surface area contributed by atoms with Gasteiger partial charge in [-0.25, -0.2) is 0 Å². The molecule has 2 rings (SSSR count). The maximum atomic E-state index is 12.4. The molecule has 0 N–H and O–H groups in total. The molecule has 1 heterocycles. The van der Waals surface area contributed by atoms with Crippen LogP contribution >= 0.6 is 23.2 Å². The van der Waals surface area contributed by atoms with E-state index in [1.54, 1.807) is 35.1 Å². The highest BCUT2D eigenvalue weighted by molar-refractivity contribution is 6.40. The van der Waals surface area contributed by atoms with Gasteiger partial charge in [0.05, 0.1) is 15.6 Å². The minimum Gasteiger partial charge on any atom is -0.287 e. The zero-order valence-corrected chi connectivity index (χ0v) is 11.4. The van der Waals surface area contributed by atoms with Crippen molar-refractivity contribution in [2.45, 2.75) is 19.9 Å². The van der Waals surface area contributed by atoms with Crippen molar-refractivity contribution < 1.29 is 4.79 Å². The molecule has 0 bridgehead atoms. The molecule has 0 amide bonds. The van der Waals surface area contributed by atoms with E-state index < -0.39 is 0 Å². The zero-order chi connectivity index (χ0) is 13.1. The van der Waals surface area contributed by atoms with Crippen LogP contribution in [0.5, 0.6) is 0 Å². The van der Waals surface area contributed by atoms with Gasteiger partial charge in [-0.1, -0.05) is 36.2 Å². The summed E-state index contributed by atoms with van der Waals surface area (Å²) in [5, 5.41) is 4.84. The van der Waals surface area contributed by atoms with E-state index in [-0.39, 0.29) is 5.78 Å². The molecule has 1 aromatic heterocycles. The van der Waals surface area contributed by atoms with Crippen molar-refractivity contribution in [3.05, 3.63) is 51.8 Å². The molecule has 0 atom stereocenters. The smallest absolute Gasteiger partial charge is 0.214 e. The molecule has 5 heteroatoms. The van der Waals surface area contributed by atoms with E-state index >= 15 is 0 Å². The van der Waals surface area contributed by atoms with E-state index in [1.165, 1.54) is 0 Å². The molecular weight excluding hydrogens is 271 g/mol. The van der Waals surface area contributed by atoms with Crippen LogP contribution in [0, 0.1) is 0 Å². The van der Waals surface area contributed by atoms with Gasteiger partial charge >= 0.3 is 0 Å². The average Bonchev–Trinajstić information content (AvgIpc) is 2.77. The molecule has 1 aromatic carbocycles. The Morgan fingerprint density at radius 3 is 2.56 bits per heavy atom. The molecule has 0 aliphatic carbocycles. The number of carbonyl (C=O) groups excluding carboxylic acids is 1. The van der Waals surface area contributed by atoms with E-state index in [4.69, 9.17) is 23.2 Å². The van der Waals surface area contributed by atoms with Gasteiger partial charge in [-0.05, 0) is 24.6 Å². The number of hydrogen-bond donors (Lipinski definition) is 0. The van der Waals surface area contributed by atoms with Gasteiger partial charge in [0.1, 0.15) is 5.69 Å². The van der Waals surface area contributed by atoms with Gasteiger partial charge in [0, 0.05) is 12.7 Å². The molecule has 0 unspecified atom stereocenters. The summed E-state index contributed by atoms with van der Waals surface area (Å²) in [5.41, 5.74) is 0.838. The molecule has 2 aromatic rings. The predicted molar refractivity (Wildman–Crippen MR) is 72.4 cm³/mol. The Balaban J connectivity index is 2.45. The van der Waals surface area contributed by atoms with Crippen molar-refractivity contribution in [2.75, 3.05) is 0 Å². The van der Waals surface area contributed by atoms with Crippen molar-refractivity contribution in [3.63, 3.8) is 0 Å². The van der Waals surface area contributed by atoms with Crippen LogP contribution < -0.4 is 0 Å². The van der Waals surface area contributed by atoms with Crippen LogP contribution in [-0.4, -0.2) is 15.6 Å².